The lowest BCUT2D eigenvalue weighted by molar-refractivity contribution is -0.136. The lowest BCUT2D eigenvalue weighted by atomic mass is 9.95. The summed E-state index contributed by atoms with van der Waals surface area (Å²) in [7, 11) is 0. The summed E-state index contributed by atoms with van der Waals surface area (Å²) in [6.07, 6.45) is 3.65. The molecule has 0 aromatic carbocycles. The molecule has 1 saturated heterocycles. The summed E-state index contributed by atoms with van der Waals surface area (Å²) in [4.78, 5) is 25.6. The van der Waals surface area contributed by atoms with Gasteiger partial charge in [-0.2, -0.15) is 0 Å². The lowest BCUT2D eigenvalue weighted by Crippen LogP contribution is -2.43. The zero-order chi connectivity index (χ0) is 13.1. The maximum absolute atomic E-state index is 11.9. The van der Waals surface area contributed by atoms with Gasteiger partial charge in [-0.25, -0.2) is 0 Å². The van der Waals surface area contributed by atoms with Gasteiger partial charge in [-0.1, -0.05) is 22.5 Å². The fourth-order valence-corrected chi connectivity index (χ4v) is 2.42. The van der Waals surface area contributed by atoms with Crippen molar-refractivity contribution in [3.63, 3.8) is 0 Å². The van der Waals surface area contributed by atoms with E-state index in [1.54, 1.807) is 0 Å². The van der Waals surface area contributed by atoms with E-state index >= 15 is 0 Å². The van der Waals surface area contributed by atoms with Gasteiger partial charge < -0.3 is 10.2 Å². The Morgan fingerprint density at radius 3 is 2.28 bits per heavy atom. The second-order valence-electron chi connectivity index (χ2n) is 5.11. The van der Waals surface area contributed by atoms with Crippen LogP contribution in [0.2, 0.25) is 0 Å². The molecule has 1 aliphatic carbocycles. The highest BCUT2D eigenvalue weighted by Gasteiger charge is 2.35. The maximum atomic E-state index is 11.9. The molecule has 0 spiro atoms. The number of carbonyl (C=O) groups is 2. The largest absolute Gasteiger partial charge is 0.351 e. The summed E-state index contributed by atoms with van der Waals surface area (Å²) in [5, 5.41) is 2.84. The quantitative estimate of drug-likeness (QED) is 0.858. The Morgan fingerprint density at radius 2 is 1.78 bits per heavy atom. The summed E-state index contributed by atoms with van der Waals surface area (Å²) < 4.78 is 0.775. The van der Waals surface area contributed by atoms with Crippen molar-refractivity contribution in [2.24, 2.45) is 11.8 Å². The Kier molecular flexibility index (Phi) is 4.43. The molecule has 1 saturated carbocycles. The Morgan fingerprint density at radius 1 is 1.17 bits per heavy atom. The fraction of sp³-hybridized carbons (Fsp3) is 0.692. The molecule has 2 amide bonds. The lowest BCUT2D eigenvalue weighted by Gasteiger charge is -2.31. The first-order valence-electron chi connectivity index (χ1n) is 6.47. The number of piperidine rings is 1. The zero-order valence-electron chi connectivity index (χ0n) is 10.5. The molecule has 0 aromatic rings. The SMILES string of the molecule is C=C(Br)CNC(=O)C1CCN(C(=O)C2CC2)CC1. The minimum Gasteiger partial charge on any atom is -0.351 e. The Labute approximate surface area is 116 Å². The van der Waals surface area contributed by atoms with Gasteiger partial charge in [-0.3, -0.25) is 9.59 Å². The van der Waals surface area contributed by atoms with Crippen LogP contribution in [-0.4, -0.2) is 36.3 Å². The van der Waals surface area contributed by atoms with E-state index in [9.17, 15) is 9.59 Å². The van der Waals surface area contributed by atoms with Crippen LogP contribution in [0.5, 0.6) is 0 Å². The van der Waals surface area contributed by atoms with E-state index in [1.807, 2.05) is 4.90 Å². The molecule has 2 rings (SSSR count). The monoisotopic (exact) mass is 314 g/mol. The Hall–Kier alpha value is -0.840. The molecule has 2 fully saturated rings. The van der Waals surface area contributed by atoms with Gasteiger partial charge in [0.1, 0.15) is 0 Å². The zero-order valence-corrected chi connectivity index (χ0v) is 12.0. The van der Waals surface area contributed by atoms with E-state index in [2.05, 4.69) is 27.8 Å². The van der Waals surface area contributed by atoms with Gasteiger partial charge in [-0.05, 0) is 25.7 Å². The number of nitrogens with one attached hydrogen (secondary N) is 1. The van der Waals surface area contributed by atoms with Gasteiger partial charge in [0.25, 0.3) is 0 Å². The van der Waals surface area contributed by atoms with Crippen molar-refractivity contribution in [1.82, 2.24) is 10.2 Å². The minimum atomic E-state index is 0.0418. The van der Waals surface area contributed by atoms with Gasteiger partial charge in [0.2, 0.25) is 11.8 Å². The minimum absolute atomic E-state index is 0.0418. The molecule has 0 atom stereocenters. The van der Waals surface area contributed by atoms with Crippen molar-refractivity contribution in [3.05, 3.63) is 11.1 Å². The van der Waals surface area contributed by atoms with Crippen molar-refractivity contribution >= 4 is 27.7 Å². The molecule has 5 heteroatoms. The third-order valence-corrected chi connectivity index (χ3v) is 3.84. The van der Waals surface area contributed by atoms with Crippen molar-refractivity contribution in [2.75, 3.05) is 19.6 Å². The smallest absolute Gasteiger partial charge is 0.225 e. The number of hydrogen-bond donors (Lipinski definition) is 1. The summed E-state index contributed by atoms with van der Waals surface area (Å²) in [5.74, 6) is 0.698. The number of amides is 2. The molecule has 18 heavy (non-hydrogen) atoms. The first-order valence-corrected chi connectivity index (χ1v) is 7.27. The highest BCUT2D eigenvalue weighted by atomic mass is 79.9. The van der Waals surface area contributed by atoms with E-state index in [0.717, 1.165) is 43.3 Å². The number of rotatable bonds is 4. The number of likely N-dealkylation sites (tertiary alicyclic amines) is 1. The van der Waals surface area contributed by atoms with E-state index in [-0.39, 0.29) is 17.7 Å². The van der Waals surface area contributed by atoms with Crippen LogP contribution in [0, 0.1) is 11.8 Å². The summed E-state index contributed by atoms with van der Waals surface area (Å²) >= 11 is 3.22. The molecule has 1 N–H and O–H groups in total. The maximum Gasteiger partial charge on any atom is 0.225 e. The Bertz CT molecular complexity index is 358. The summed E-state index contributed by atoms with van der Waals surface area (Å²) in [6.45, 7) is 5.60. The molecule has 0 unspecified atom stereocenters. The molecule has 1 aliphatic heterocycles. The summed E-state index contributed by atoms with van der Waals surface area (Å²) in [5.41, 5.74) is 0. The van der Waals surface area contributed by atoms with E-state index in [1.165, 1.54) is 0 Å². The van der Waals surface area contributed by atoms with Crippen molar-refractivity contribution < 1.29 is 9.59 Å². The van der Waals surface area contributed by atoms with E-state index in [4.69, 9.17) is 0 Å². The number of carbonyl (C=O) groups excluding carboxylic acids is 2. The van der Waals surface area contributed by atoms with Crippen LogP contribution in [0.3, 0.4) is 0 Å². The first-order chi connectivity index (χ1) is 8.58. The standard InChI is InChI=1S/C13H19BrN2O2/c1-9(14)8-15-12(17)10-4-6-16(7-5-10)13(18)11-2-3-11/h10-11H,1-8H2,(H,15,17). The number of nitrogens with zero attached hydrogens (tertiary/aromatic N) is 1. The topological polar surface area (TPSA) is 49.4 Å². The number of hydrogen-bond acceptors (Lipinski definition) is 2. The van der Waals surface area contributed by atoms with Crippen LogP contribution in [0.15, 0.2) is 11.1 Å². The van der Waals surface area contributed by atoms with Crippen LogP contribution in [-0.2, 0) is 9.59 Å². The molecule has 0 bridgehead atoms. The van der Waals surface area contributed by atoms with Gasteiger partial charge >= 0.3 is 0 Å². The van der Waals surface area contributed by atoms with Gasteiger partial charge in [0.05, 0.1) is 0 Å². The normalized spacial score (nSPS) is 20.6. The molecular weight excluding hydrogens is 296 g/mol. The highest BCUT2D eigenvalue weighted by Crippen LogP contribution is 2.32. The second-order valence-corrected chi connectivity index (χ2v) is 6.23. The van der Waals surface area contributed by atoms with Crippen LogP contribution in [0.25, 0.3) is 0 Å². The van der Waals surface area contributed by atoms with Gasteiger partial charge in [0, 0.05) is 36.0 Å². The first kappa shape index (κ1) is 13.6. The molecule has 0 aromatic heterocycles. The Balaban J connectivity index is 1.73. The third kappa shape index (κ3) is 3.57. The highest BCUT2D eigenvalue weighted by molar-refractivity contribution is 9.11. The average molecular weight is 315 g/mol. The average Bonchev–Trinajstić information content (AvgIpc) is 3.19. The van der Waals surface area contributed by atoms with E-state index < -0.39 is 0 Å². The van der Waals surface area contributed by atoms with Crippen LogP contribution >= 0.6 is 15.9 Å². The third-order valence-electron chi connectivity index (χ3n) is 3.56. The van der Waals surface area contributed by atoms with Gasteiger partial charge in [-0.15, -0.1) is 0 Å². The predicted octanol–water partition coefficient (Wildman–Crippen LogP) is 1.66. The molecule has 2 aliphatic rings. The second kappa shape index (κ2) is 5.87. The van der Waals surface area contributed by atoms with Crippen molar-refractivity contribution in [3.8, 4) is 0 Å². The van der Waals surface area contributed by atoms with Crippen molar-refractivity contribution in [1.29, 1.82) is 0 Å². The van der Waals surface area contributed by atoms with Crippen LogP contribution < -0.4 is 5.32 Å². The van der Waals surface area contributed by atoms with Crippen LogP contribution in [0.4, 0.5) is 0 Å². The fourth-order valence-electron chi connectivity index (χ4n) is 2.28. The summed E-state index contributed by atoms with van der Waals surface area (Å²) in [6, 6.07) is 0. The molecule has 1 heterocycles. The van der Waals surface area contributed by atoms with E-state index in [0.29, 0.717) is 12.5 Å². The van der Waals surface area contributed by atoms with Gasteiger partial charge in [0.15, 0.2) is 0 Å². The molecule has 4 nitrogen and oxygen atoms in total. The molecule has 0 radical (unpaired) electrons. The van der Waals surface area contributed by atoms with Crippen LogP contribution in [0.1, 0.15) is 25.7 Å². The number of halogens is 1. The predicted molar refractivity (Wildman–Crippen MR) is 73.1 cm³/mol. The van der Waals surface area contributed by atoms with Crippen molar-refractivity contribution in [2.45, 2.75) is 25.7 Å². The molecule has 100 valence electrons. The molecular formula is C13H19BrN2O2.